The maximum Gasteiger partial charge on any atom is 0.155 e. The second-order valence-corrected chi connectivity index (χ2v) is 3.48. The molecule has 0 bridgehead atoms. The zero-order valence-electron chi connectivity index (χ0n) is 8.14. The van der Waals surface area contributed by atoms with E-state index >= 15 is 0 Å². The first kappa shape index (κ1) is 12.0. The van der Waals surface area contributed by atoms with Gasteiger partial charge in [0.05, 0.1) is 0 Å². The van der Waals surface area contributed by atoms with Gasteiger partial charge in [-0.2, -0.15) is 0 Å². The van der Waals surface area contributed by atoms with E-state index < -0.39 is 5.97 Å². The van der Waals surface area contributed by atoms with Gasteiger partial charge < -0.3 is 15.6 Å². The zero-order chi connectivity index (χ0) is 10.3. The Hall–Kier alpha value is -1.01. The molecule has 0 atom stereocenters. The third kappa shape index (κ3) is 6.18. The number of carboxylic acids is 1. The van der Waals surface area contributed by atoms with Crippen molar-refractivity contribution in [3.63, 3.8) is 0 Å². The van der Waals surface area contributed by atoms with Gasteiger partial charge in [0.1, 0.15) is 0 Å². The van der Waals surface area contributed by atoms with Gasteiger partial charge in [0.25, 0.3) is 0 Å². The first-order chi connectivity index (χ1) is 6.00. The first-order valence-electron chi connectivity index (χ1n) is 4.51. The molecule has 0 spiro atoms. The predicted octanol–water partition coefficient (Wildman–Crippen LogP) is -0.679. The van der Waals surface area contributed by atoms with Gasteiger partial charge >= 0.3 is 0 Å². The number of rotatable bonds is 0. The maximum atomic E-state index is 8.89. The molecule has 3 N–H and O–H groups in total. The number of hydrogen-bond donors (Lipinski definition) is 1. The molecule has 0 unspecified atom stereocenters. The van der Waals surface area contributed by atoms with Crippen LogP contribution in [-0.2, 0) is 4.79 Å². The average Bonchev–Trinajstić information content (AvgIpc) is 2.05. The van der Waals surface area contributed by atoms with Crippen molar-refractivity contribution in [1.82, 2.24) is 0 Å². The summed E-state index contributed by atoms with van der Waals surface area (Å²) in [5.41, 5.74) is 4.01. The molecule has 1 rings (SSSR count). The highest BCUT2D eigenvalue weighted by atomic mass is 16.4. The number of carbonyl (C=O) groups excluding carboxylic acids is 1. The monoisotopic (exact) mass is 183 g/mol. The Balaban J connectivity index is 0.000000310. The van der Waals surface area contributed by atoms with Crippen LogP contribution in [0.4, 0.5) is 0 Å². The van der Waals surface area contributed by atoms with Crippen LogP contribution in [-0.4, -0.2) is 11.5 Å². The Labute approximate surface area is 79.3 Å². The molecule has 0 amide bonds. The molecule has 0 radical (unpaired) electrons. The Bertz CT molecular complexity index is 195. The van der Waals surface area contributed by atoms with Crippen LogP contribution >= 0.6 is 0 Å². The van der Waals surface area contributed by atoms with Crippen molar-refractivity contribution >= 4 is 5.97 Å². The number of quaternary nitrogens is 1. The number of carboxylic acid groups (broad SMARTS) is 1. The first-order valence-corrected chi connectivity index (χ1v) is 4.51. The molecule has 0 aliphatic heterocycles. The molecular formula is C10H17NO2. The minimum absolute atomic E-state index is 0.00174. The minimum Gasteiger partial charge on any atom is -0.550 e. The largest absolute Gasteiger partial charge is 0.550 e. The topological polar surface area (TPSA) is 67.8 Å². The summed E-state index contributed by atoms with van der Waals surface area (Å²) in [6, 6.07) is 0. The Kier molecular flexibility index (Phi) is 5.17. The highest BCUT2D eigenvalue weighted by Gasteiger charge is 2.28. The van der Waals surface area contributed by atoms with Crippen LogP contribution in [0.15, 0.2) is 0 Å². The molecule has 0 aromatic rings. The van der Waals surface area contributed by atoms with Crippen LogP contribution < -0.4 is 10.8 Å². The summed E-state index contributed by atoms with van der Waals surface area (Å²) in [6.07, 6.45) is 11.5. The fourth-order valence-corrected chi connectivity index (χ4v) is 1.37. The van der Waals surface area contributed by atoms with Gasteiger partial charge in [0.2, 0.25) is 0 Å². The normalized spacial score (nSPS) is 19.2. The van der Waals surface area contributed by atoms with Gasteiger partial charge in [0.15, 0.2) is 5.54 Å². The Morgan fingerprint density at radius 3 is 2.08 bits per heavy atom. The smallest absolute Gasteiger partial charge is 0.155 e. The molecule has 3 heteroatoms. The summed E-state index contributed by atoms with van der Waals surface area (Å²) in [5.74, 6) is 1.69. The lowest BCUT2D eigenvalue weighted by Gasteiger charge is -2.23. The molecule has 1 saturated carbocycles. The zero-order valence-corrected chi connectivity index (χ0v) is 8.14. The lowest BCUT2D eigenvalue weighted by Crippen LogP contribution is -2.72. The number of aliphatic carboxylic acids is 1. The third-order valence-corrected chi connectivity index (χ3v) is 2.12. The average molecular weight is 183 g/mol. The van der Waals surface area contributed by atoms with E-state index in [1.165, 1.54) is 19.3 Å². The molecule has 3 nitrogen and oxygen atoms in total. The SMILES string of the molecule is C#CC1([NH3+])CCCCC1.CC(=O)[O-]. The standard InChI is InChI=1S/C8H13N.C2H4O2/c1-2-8(9)6-4-3-5-7-8;1-2(3)4/h1H,3-7,9H2;1H3,(H,3,4). The fraction of sp³-hybridized carbons (Fsp3) is 0.700. The van der Waals surface area contributed by atoms with Crippen LogP contribution in [0.3, 0.4) is 0 Å². The molecule has 1 fully saturated rings. The fourth-order valence-electron chi connectivity index (χ4n) is 1.37. The highest BCUT2D eigenvalue weighted by molar-refractivity contribution is 5.60. The van der Waals surface area contributed by atoms with Crippen LogP contribution in [0.1, 0.15) is 39.0 Å². The Morgan fingerprint density at radius 2 is 1.85 bits per heavy atom. The van der Waals surface area contributed by atoms with Gasteiger partial charge in [-0.3, -0.25) is 0 Å². The van der Waals surface area contributed by atoms with Gasteiger partial charge in [0, 0.05) is 18.8 Å². The van der Waals surface area contributed by atoms with Crippen LogP contribution in [0.5, 0.6) is 0 Å². The number of hydrogen-bond acceptors (Lipinski definition) is 2. The second-order valence-electron chi connectivity index (χ2n) is 3.48. The molecule has 1 aliphatic rings. The van der Waals surface area contributed by atoms with Crippen molar-refractivity contribution in [2.75, 3.05) is 0 Å². The minimum atomic E-state index is -1.08. The third-order valence-electron chi connectivity index (χ3n) is 2.12. The lowest BCUT2D eigenvalue weighted by atomic mass is 9.83. The van der Waals surface area contributed by atoms with Crippen molar-refractivity contribution in [3.05, 3.63) is 0 Å². The van der Waals surface area contributed by atoms with Crippen LogP contribution in [0.25, 0.3) is 0 Å². The number of carbonyl (C=O) groups is 1. The summed E-state index contributed by atoms with van der Waals surface area (Å²) in [6.45, 7) is 0.972. The van der Waals surface area contributed by atoms with Crippen molar-refractivity contribution in [3.8, 4) is 12.3 Å². The Morgan fingerprint density at radius 1 is 1.46 bits per heavy atom. The van der Waals surface area contributed by atoms with E-state index in [4.69, 9.17) is 16.3 Å². The summed E-state index contributed by atoms with van der Waals surface area (Å²) in [7, 11) is 0. The van der Waals surface area contributed by atoms with E-state index in [0.29, 0.717) is 0 Å². The van der Waals surface area contributed by atoms with Gasteiger partial charge in [-0.15, -0.1) is 6.42 Å². The van der Waals surface area contributed by atoms with Crippen molar-refractivity contribution in [2.45, 2.75) is 44.6 Å². The van der Waals surface area contributed by atoms with Crippen molar-refractivity contribution < 1.29 is 15.6 Å². The summed E-state index contributed by atoms with van der Waals surface area (Å²) >= 11 is 0. The maximum absolute atomic E-state index is 8.89. The van der Waals surface area contributed by atoms with E-state index in [1.54, 1.807) is 0 Å². The quantitative estimate of drug-likeness (QED) is 0.506. The summed E-state index contributed by atoms with van der Waals surface area (Å²) in [4.78, 5) is 8.89. The van der Waals surface area contributed by atoms with E-state index in [2.05, 4.69) is 11.7 Å². The van der Waals surface area contributed by atoms with Gasteiger partial charge in [-0.25, -0.2) is 0 Å². The second kappa shape index (κ2) is 5.60. The predicted molar refractivity (Wildman–Crippen MR) is 48.2 cm³/mol. The van der Waals surface area contributed by atoms with Crippen LogP contribution in [0, 0.1) is 12.3 Å². The molecule has 0 aromatic carbocycles. The molecule has 74 valence electrons. The molecular weight excluding hydrogens is 166 g/mol. The molecule has 0 saturated heterocycles. The number of terminal acetylenes is 1. The van der Waals surface area contributed by atoms with Crippen molar-refractivity contribution in [1.29, 1.82) is 0 Å². The lowest BCUT2D eigenvalue weighted by molar-refractivity contribution is -0.461. The van der Waals surface area contributed by atoms with Crippen molar-refractivity contribution in [2.24, 2.45) is 0 Å². The molecule has 1 aliphatic carbocycles. The summed E-state index contributed by atoms with van der Waals surface area (Å²) in [5, 5.41) is 8.89. The molecule has 0 heterocycles. The van der Waals surface area contributed by atoms with Gasteiger partial charge in [-0.05, 0) is 25.7 Å². The van der Waals surface area contributed by atoms with Crippen LogP contribution in [0.2, 0.25) is 0 Å². The van der Waals surface area contributed by atoms with E-state index in [9.17, 15) is 0 Å². The van der Waals surface area contributed by atoms with Gasteiger partial charge in [-0.1, -0.05) is 6.42 Å². The molecule has 0 aromatic heterocycles. The van der Waals surface area contributed by atoms with E-state index in [1.807, 2.05) is 0 Å². The highest BCUT2D eigenvalue weighted by Crippen LogP contribution is 2.22. The van der Waals surface area contributed by atoms with E-state index in [-0.39, 0.29) is 5.54 Å². The van der Waals surface area contributed by atoms with E-state index in [0.717, 1.165) is 19.8 Å². The summed E-state index contributed by atoms with van der Waals surface area (Å²) < 4.78 is 0. The molecule has 13 heavy (non-hydrogen) atoms.